The number of thiazole rings is 1. The molecule has 0 saturated carbocycles. The highest BCUT2D eigenvalue weighted by Gasteiger charge is 2.22. The molecule has 0 N–H and O–H groups in total. The van der Waals surface area contributed by atoms with Gasteiger partial charge in [-0.15, -0.1) is 11.3 Å². The number of aromatic nitrogens is 2. The summed E-state index contributed by atoms with van der Waals surface area (Å²) in [4.78, 5) is 4.23. The third-order valence-electron chi connectivity index (χ3n) is 2.98. The number of fused-ring (bicyclic) bond motifs is 1. The van der Waals surface area contributed by atoms with Crippen LogP contribution in [0.4, 0.5) is 0 Å². The lowest BCUT2D eigenvalue weighted by Gasteiger charge is -1.97. The van der Waals surface area contributed by atoms with Gasteiger partial charge in [-0.2, -0.15) is 0 Å². The minimum atomic E-state index is -3.47. The summed E-state index contributed by atoms with van der Waals surface area (Å²) in [5.74, 6) is -0.138. The minimum Gasteiger partial charge on any atom is -0.364 e. The molecule has 0 atom stereocenters. The van der Waals surface area contributed by atoms with E-state index in [2.05, 4.69) is 10.1 Å². The minimum absolute atomic E-state index is 0.138. The smallest absolute Gasteiger partial charge is 0.210 e. The number of hydrogen-bond acceptors (Lipinski definition) is 6. The van der Waals surface area contributed by atoms with Crippen molar-refractivity contribution < 1.29 is 12.9 Å². The van der Waals surface area contributed by atoms with Gasteiger partial charge in [0.1, 0.15) is 6.26 Å². The number of nitrogens with zero attached hydrogens (tertiary/aromatic N) is 2. The second-order valence-corrected chi connectivity index (χ2v) is 7.83. The van der Waals surface area contributed by atoms with Crippen LogP contribution in [0, 0.1) is 13.8 Å². The molecule has 0 radical (unpaired) electrons. The van der Waals surface area contributed by atoms with E-state index in [0.717, 1.165) is 15.8 Å². The van der Waals surface area contributed by atoms with E-state index in [1.165, 1.54) is 17.6 Å². The van der Waals surface area contributed by atoms with Crippen LogP contribution in [0.15, 0.2) is 33.3 Å². The van der Waals surface area contributed by atoms with Crippen LogP contribution < -0.4 is 0 Å². The fourth-order valence-corrected chi connectivity index (χ4v) is 4.55. The van der Waals surface area contributed by atoms with Gasteiger partial charge in [0.25, 0.3) is 0 Å². The Morgan fingerprint density at radius 2 is 2.10 bits per heavy atom. The highest BCUT2D eigenvalue weighted by molar-refractivity contribution is 7.92. The van der Waals surface area contributed by atoms with Crippen LogP contribution in [0.5, 0.6) is 0 Å². The van der Waals surface area contributed by atoms with Gasteiger partial charge in [0.15, 0.2) is 0 Å². The zero-order chi connectivity index (χ0) is 14.3. The van der Waals surface area contributed by atoms with Crippen molar-refractivity contribution in [2.45, 2.75) is 23.9 Å². The Kier molecular flexibility index (Phi) is 3.10. The monoisotopic (exact) mass is 308 g/mol. The summed E-state index contributed by atoms with van der Waals surface area (Å²) in [5, 5.41) is 3.69. The number of hydrogen-bond donors (Lipinski definition) is 0. The Labute approximate surface area is 120 Å². The lowest BCUT2D eigenvalue weighted by Crippen LogP contribution is -2.04. The maximum Gasteiger partial charge on any atom is 0.210 e. The summed E-state index contributed by atoms with van der Waals surface area (Å²) in [6.45, 7) is 3.67. The molecular formula is C13H12N2O3S2. The molecule has 0 saturated heterocycles. The van der Waals surface area contributed by atoms with Crippen molar-refractivity contribution in [1.82, 2.24) is 10.1 Å². The van der Waals surface area contributed by atoms with Crippen LogP contribution in [-0.4, -0.2) is 18.6 Å². The predicted octanol–water partition coefficient (Wildman–Crippen LogP) is 2.88. The Bertz CT molecular complexity index is 878. The quantitative estimate of drug-likeness (QED) is 0.744. The summed E-state index contributed by atoms with van der Waals surface area (Å²) in [5.41, 5.74) is 2.93. The van der Waals surface area contributed by atoms with Gasteiger partial charge >= 0.3 is 0 Å². The molecule has 0 aliphatic rings. The van der Waals surface area contributed by atoms with Crippen molar-refractivity contribution in [2.75, 3.05) is 0 Å². The maximum atomic E-state index is 12.4. The van der Waals surface area contributed by atoms with Crippen LogP contribution in [0.3, 0.4) is 0 Å². The summed E-state index contributed by atoms with van der Waals surface area (Å²) in [6, 6.07) is 5.72. The molecule has 0 unspecified atom stereocenters. The summed E-state index contributed by atoms with van der Waals surface area (Å²) >= 11 is 1.19. The molecule has 2 heterocycles. The van der Waals surface area contributed by atoms with E-state index in [4.69, 9.17) is 4.52 Å². The molecule has 3 rings (SSSR count). The van der Waals surface area contributed by atoms with Crippen LogP contribution in [0.2, 0.25) is 0 Å². The highest BCUT2D eigenvalue weighted by atomic mass is 32.2. The molecule has 20 heavy (non-hydrogen) atoms. The van der Waals surface area contributed by atoms with Gasteiger partial charge in [0.05, 0.1) is 21.7 Å². The predicted molar refractivity (Wildman–Crippen MR) is 76.5 cm³/mol. The topological polar surface area (TPSA) is 73.1 Å². The Morgan fingerprint density at radius 3 is 2.80 bits per heavy atom. The number of aryl methyl sites for hydroxylation is 2. The lowest BCUT2D eigenvalue weighted by atomic mass is 10.2. The standard InChI is InChI=1S/C13H12N2O3S2/c1-8-3-4-12-11(5-8)14-13(19-12)20(16,17)7-10-6-18-15-9(10)2/h3-6H,7H2,1-2H3. The largest absolute Gasteiger partial charge is 0.364 e. The van der Waals surface area contributed by atoms with E-state index in [-0.39, 0.29) is 10.1 Å². The molecule has 5 nitrogen and oxygen atoms in total. The Balaban J connectivity index is 2.03. The van der Waals surface area contributed by atoms with Crippen molar-refractivity contribution in [3.8, 4) is 0 Å². The molecule has 0 amide bonds. The maximum absolute atomic E-state index is 12.4. The van der Waals surface area contributed by atoms with E-state index in [0.29, 0.717) is 11.3 Å². The molecule has 1 aromatic carbocycles. The number of rotatable bonds is 3. The van der Waals surface area contributed by atoms with Gasteiger partial charge in [0, 0.05) is 5.56 Å². The van der Waals surface area contributed by atoms with Crippen molar-refractivity contribution in [2.24, 2.45) is 0 Å². The van der Waals surface area contributed by atoms with E-state index in [9.17, 15) is 8.42 Å². The number of benzene rings is 1. The van der Waals surface area contributed by atoms with Crippen molar-refractivity contribution in [3.63, 3.8) is 0 Å². The molecule has 0 bridgehead atoms. The fourth-order valence-electron chi connectivity index (χ4n) is 1.87. The molecule has 104 valence electrons. The van der Waals surface area contributed by atoms with Gasteiger partial charge in [-0.3, -0.25) is 0 Å². The normalized spacial score (nSPS) is 12.1. The van der Waals surface area contributed by atoms with Crippen molar-refractivity contribution in [1.29, 1.82) is 0 Å². The molecule has 0 fully saturated rings. The molecule has 7 heteroatoms. The SMILES string of the molecule is Cc1ccc2sc(S(=O)(=O)Cc3conc3C)nc2c1. The molecule has 0 aliphatic heterocycles. The van der Waals surface area contributed by atoms with E-state index in [1.807, 2.05) is 25.1 Å². The van der Waals surface area contributed by atoms with Gasteiger partial charge in [-0.05, 0) is 31.5 Å². The Hall–Kier alpha value is -1.73. The second kappa shape index (κ2) is 4.68. The first-order valence-corrected chi connectivity index (χ1v) is 8.42. The summed E-state index contributed by atoms with van der Waals surface area (Å²) < 4.78 is 30.5. The zero-order valence-corrected chi connectivity index (χ0v) is 12.6. The highest BCUT2D eigenvalue weighted by Crippen LogP contribution is 2.28. The van der Waals surface area contributed by atoms with E-state index < -0.39 is 9.84 Å². The van der Waals surface area contributed by atoms with Crippen LogP contribution in [0.1, 0.15) is 16.8 Å². The van der Waals surface area contributed by atoms with Crippen LogP contribution >= 0.6 is 11.3 Å². The Morgan fingerprint density at radius 1 is 1.30 bits per heavy atom. The zero-order valence-electron chi connectivity index (χ0n) is 11.0. The van der Waals surface area contributed by atoms with Gasteiger partial charge in [-0.25, -0.2) is 13.4 Å². The van der Waals surface area contributed by atoms with Gasteiger partial charge < -0.3 is 4.52 Å². The second-order valence-electron chi connectivity index (χ2n) is 4.64. The fraction of sp³-hybridized carbons (Fsp3) is 0.231. The van der Waals surface area contributed by atoms with Gasteiger partial charge in [0.2, 0.25) is 14.2 Å². The van der Waals surface area contributed by atoms with E-state index >= 15 is 0 Å². The molecule has 2 aromatic heterocycles. The van der Waals surface area contributed by atoms with Crippen molar-refractivity contribution >= 4 is 31.4 Å². The molecule has 0 spiro atoms. The molecule has 3 aromatic rings. The average molecular weight is 308 g/mol. The first-order valence-electron chi connectivity index (χ1n) is 5.95. The summed E-state index contributed by atoms with van der Waals surface area (Å²) in [7, 11) is -3.47. The summed E-state index contributed by atoms with van der Waals surface area (Å²) in [6.07, 6.45) is 1.37. The first kappa shape index (κ1) is 13.3. The third-order valence-corrected chi connectivity index (χ3v) is 6.14. The lowest BCUT2D eigenvalue weighted by molar-refractivity contribution is 0.414. The van der Waals surface area contributed by atoms with Crippen molar-refractivity contribution in [3.05, 3.63) is 41.3 Å². The molecular weight excluding hydrogens is 296 g/mol. The van der Waals surface area contributed by atoms with Crippen LogP contribution in [0.25, 0.3) is 10.2 Å². The average Bonchev–Trinajstić information content (AvgIpc) is 2.96. The molecule has 0 aliphatic carbocycles. The number of sulfone groups is 1. The van der Waals surface area contributed by atoms with E-state index in [1.54, 1.807) is 6.92 Å². The van der Waals surface area contributed by atoms with Gasteiger partial charge in [-0.1, -0.05) is 11.2 Å². The van der Waals surface area contributed by atoms with Crippen LogP contribution in [-0.2, 0) is 15.6 Å². The third kappa shape index (κ3) is 2.34. The first-order chi connectivity index (χ1) is 9.45.